The number of likely N-dealkylation sites (tertiary alicyclic amines) is 1. The molecule has 0 N–H and O–H groups in total. The number of rotatable bonds is 3. The Morgan fingerprint density at radius 3 is 2.52 bits per heavy atom. The van der Waals surface area contributed by atoms with Crippen LogP contribution in [-0.2, 0) is 12.7 Å². The van der Waals surface area contributed by atoms with E-state index in [-0.39, 0.29) is 18.2 Å². The summed E-state index contributed by atoms with van der Waals surface area (Å²) in [6.45, 7) is 1.50. The lowest BCUT2D eigenvalue weighted by Crippen LogP contribution is -2.35. The third kappa shape index (κ3) is 3.69. The van der Waals surface area contributed by atoms with Crippen LogP contribution in [0.3, 0.4) is 0 Å². The van der Waals surface area contributed by atoms with Gasteiger partial charge in [0.25, 0.3) is 0 Å². The van der Waals surface area contributed by atoms with Crippen LogP contribution in [0.5, 0.6) is 0 Å². The number of alkyl halides is 3. The van der Waals surface area contributed by atoms with E-state index in [1.54, 1.807) is 11.0 Å². The highest BCUT2D eigenvalue weighted by Gasteiger charge is 2.34. The van der Waals surface area contributed by atoms with Crippen LogP contribution in [0.15, 0.2) is 30.9 Å². The van der Waals surface area contributed by atoms with Crippen molar-refractivity contribution in [2.45, 2.75) is 31.6 Å². The van der Waals surface area contributed by atoms with Crippen molar-refractivity contribution in [1.29, 1.82) is 0 Å². The molecule has 3 rings (SSSR count). The van der Waals surface area contributed by atoms with Crippen LogP contribution >= 0.6 is 0 Å². The molecule has 0 atom stereocenters. The second-order valence-electron chi connectivity index (χ2n) is 5.68. The highest BCUT2D eigenvalue weighted by molar-refractivity contribution is 5.30. The molecule has 1 aromatic heterocycles. The molecule has 2 aromatic rings. The molecule has 0 bridgehead atoms. The summed E-state index contributed by atoms with van der Waals surface area (Å²) < 4.78 is 54.0. The fourth-order valence-corrected chi connectivity index (χ4v) is 2.94. The van der Waals surface area contributed by atoms with E-state index >= 15 is 0 Å². The van der Waals surface area contributed by atoms with Crippen molar-refractivity contribution in [2.75, 3.05) is 13.1 Å². The van der Waals surface area contributed by atoms with Crippen LogP contribution < -0.4 is 0 Å². The maximum Gasteiger partial charge on any atom is 0.416 e. The molecule has 1 aliphatic heterocycles. The predicted molar refractivity (Wildman–Crippen MR) is 75.0 cm³/mol. The monoisotopic (exact) mass is 328 g/mol. The molecule has 1 aromatic carbocycles. The summed E-state index contributed by atoms with van der Waals surface area (Å²) in [5.74, 6) is -0.869. The SMILES string of the molecule is Fc1ccc(CN2CCC(n3cncn3)CC2)c(C(F)(F)F)c1. The predicted octanol–water partition coefficient (Wildman–Crippen LogP) is 3.27. The van der Waals surface area contributed by atoms with Crippen LogP contribution in [-0.4, -0.2) is 32.8 Å². The first-order chi connectivity index (χ1) is 10.9. The molecule has 1 saturated heterocycles. The minimum absolute atomic E-state index is 0.109. The van der Waals surface area contributed by atoms with Crippen LogP contribution in [0.1, 0.15) is 30.0 Å². The molecule has 2 heterocycles. The zero-order chi connectivity index (χ0) is 16.4. The molecule has 23 heavy (non-hydrogen) atoms. The number of hydrogen-bond donors (Lipinski definition) is 0. The largest absolute Gasteiger partial charge is 0.416 e. The van der Waals surface area contributed by atoms with Gasteiger partial charge in [-0.25, -0.2) is 14.1 Å². The normalized spacial score (nSPS) is 17.6. The standard InChI is InChI=1S/C15H16F4N4/c16-12-2-1-11(14(7-12)15(17,18)19)8-22-5-3-13(4-6-22)23-10-20-9-21-23/h1-2,7,9-10,13H,3-6,8H2. The molecule has 0 spiro atoms. The molecule has 1 fully saturated rings. The Morgan fingerprint density at radius 1 is 1.17 bits per heavy atom. The Labute approximate surface area is 130 Å². The summed E-state index contributed by atoms with van der Waals surface area (Å²) in [7, 11) is 0. The molecular formula is C15H16F4N4. The smallest absolute Gasteiger partial charge is 0.299 e. The van der Waals surface area contributed by atoms with Crippen molar-refractivity contribution in [3.8, 4) is 0 Å². The van der Waals surface area contributed by atoms with Gasteiger partial charge in [-0.2, -0.15) is 18.3 Å². The van der Waals surface area contributed by atoms with Gasteiger partial charge >= 0.3 is 6.18 Å². The van der Waals surface area contributed by atoms with E-state index in [0.717, 1.165) is 18.9 Å². The van der Waals surface area contributed by atoms with Crippen molar-refractivity contribution in [3.63, 3.8) is 0 Å². The van der Waals surface area contributed by atoms with E-state index in [1.807, 2.05) is 4.90 Å². The van der Waals surface area contributed by atoms with Gasteiger partial charge in [0.1, 0.15) is 18.5 Å². The molecule has 0 saturated carbocycles. The Hall–Kier alpha value is -1.96. The third-order valence-corrected chi connectivity index (χ3v) is 4.14. The molecule has 124 valence electrons. The number of nitrogens with zero attached hydrogens (tertiary/aromatic N) is 4. The average Bonchev–Trinajstić information content (AvgIpc) is 3.03. The first-order valence-electron chi connectivity index (χ1n) is 7.35. The molecule has 0 amide bonds. The van der Waals surface area contributed by atoms with Gasteiger partial charge in [0.15, 0.2) is 0 Å². The minimum atomic E-state index is -4.55. The van der Waals surface area contributed by atoms with E-state index < -0.39 is 17.6 Å². The first-order valence-corrected chi connectivity index (χ1v) is 7.35. The fourth-order valence-electron chi connectivity index (χ4n) is 2.94. The molecule has 0 radical (unpaired) electrons. The van der Waals surface area contributed by atoms with Crippen LogP contribution in [0, 0.1) is 5.82 Å². The number of benzene rings is 1. The molecule has 8 heteroatoms. The number of halogens is 4. The third-order valence-electron chi connectivity index (χ3n) is 4.14. The molecule has 0 aliphatic carbocycles. The Bertz CT molecular complexity index is 646. The molecule has 4 nitrogen and oxygen atoms in total. The van der Waals surface area contributed by atoms with Crippen molar-refractivity contribution in [3.05, 3.63) is 47.8 Å². The highest BCUT2D eigenvalue weighted by atomic mass is 19.4. The Balaban J connectivity index is 1.67. The van der Waals surface area contributed by atoms with Crippen LogP contribution in [0.25, 0.3) is 0 Å². The van der Waals surface area contributed by atoms with Crippen molar-refractivity contribution >= 4 is 0 Å². The Kier molecular flexibility index (Phi) is 4.34. The highest BCUT2D eigenvalue weighted by Crippen LogP contribution is 2.33. The average molecular weight is 328 g/mol. The summed E-state index contributed by atoms with van der Waals surface area (Å²) in [5.41, 5.74) is -0.783. The van der Waals surface area contributed by atoms with Gasteiger partial charge in [0.2, 0.25) is 0 Å². The van der Waals surface area contributed by atoms with Gasteiger partial charge in [0, 0.05) is 19.6 Å². The number of aromatic nitrogens is 3. The fraction of sp³-hybridized carbons (Fsp3) is 0.467. The van der Waals surface area contributed by atoms with Gasteiger partial charge in [-0.05, 0) is 30.5 Å². The summed E-state index contributed by atoms with van der Waals surface area (Å²) in [6, 6.07) is 3.09. The lowest BCUT2D eigenvalue weighted by atomic mass is 10.0. The van der Waals surface area contributed by atoms with Crippen LogP contribution in [0.2, 0.25) is 0 Å². The second kappa shape index (κ2) is 6.27. The van der Waals surface area contributed by atoms with Gasteiger partial charge in [0.05, 0.1) is 11.6 Å². The van der Waals surface area contributed by atoms with Crippen molar-refractivity contribution in [2.24, 2.45) is 0 Å². The summed E-state index contributed by atoms with van der Waals surface area (Å²) in [5, 5.41) is 4.10. The summed E-state index contributed by atoms with van der Waals surface area (Å²) in [6.07, 6.45) is 0.177. The number of hydrogen-bond acceptors (Lipinski definition) is 3. The first kappa shape index (κ1) is 15.9. The quantitative estimate of drug-likeness (QED) is 0.811. The van der Waals surface area contributed by atoms with Gasteiger partial charge in [-0.15, -0.1) is 0 Å². The van der Waals surface area contributed by atoms with E-state index in [4.69, 9.17) is 0 Å². The molecular weight excluding hydrogens is 312 g/mol. The lowest BCUT2D eigenvalue weighted by molar-refractivity contribution is -0.138. The van der Waals surface area contributed by atoms with Crippen molar-refractivity contribution in [1.82, 2.24) is 19.7 Å². The minimum Gasteiger partial charge on any atom is -0.299 e. The zero-order valence-corrected chi connectivity index (χ0v) is 12.3. The van der Waals surface area contributed by atoms with Crippen molar-refractivity contribution < 1.29 is 17.6 Å². The lowest BCUT2D eigenvalue weighted by Gasteiger charge is -2.32. The topological polar surface area (TPSA) is 34.0 Å². The summed E-state index contributed by atoms with van der Waals surface area (Å²) in [4.78, 5) is 5.86. The second-order valence-corrected chi connectivity index (χ2v) is 5.68. The van der Waals surface area contributed by atoms with E-state index in [1.165, 1.54) is 12.4 Å². The zero-order valence-electron chi connectivity index (χ0n) is 12.3. The Morgan fingerprint density at radius 2 is 1.91 bits per heavy atom. The van der Waals surface area contributed by atoms with E-state index in [0.29, 0.717) is 19.2 Å². The molecule has 1 aliphatic rings. The molecule has 0 unspecified atom stereocenters. The maximum absolute atomic E-state index is 13.1. The summed E-state index contributed by atoms with van der Waals surface area (Å²) >= 11 is 0. The number of piperidine rings is 1. The van der Waals surface area contributed by atoms with E-state index in [9.17, 15) is 17.6 Å². The van der Waals surface area contributed by atoms with Gasteiger partial charge in [-0.3, -0.25) is 4.90 Å². The maximum atomic E-state index is 13.1. The van der Waals surface area contributed by atoms with Gasteiger partial charge in [-0.1, -0.05) is 6.07 Å². The van der Waals surface area contributed by atoms with Crippen LogP contribution in [0.4, 0.5) is 17.6 Å². The van der Waals surface area contributed by atoms with E-state index in [2.05, 4.69) is 10.1 Å². The van der Waals surface area contributed by atoms with Gasteiger partial charge < -0.3 is 0 Å².